The lowest BCUT2D eigenvalue weighted by Crippen LogP contribution is -2.37. The van der Waals surface area contributed by atoms with Crippen molar-refractivity contribution in [2.45, 2.75) is 19.3 Å². The predicted molar refractivity (Wildman–Crippen MR) is 77.2 cm³/mol. The van der Waals surface area contributed by atoms with Crippen LogP contribution >= 0.6 is 0 Å². The Labute approximate surface area is 126 Å². The van der Waals surface area contributed by atoms with Crippen molar-refractivity contribution in [3.63, 3.8) is 0 Å². The molecule has 7 nitrogen and oxygen atoms in total. The zero-order chi connectivity index (χ0) is 15.9. The molecule has 0 unspecified atom stereocenters. The van der Waals surface area contributed by atoms with Crippen LogP contribution in [-0.2, 0) is 9.59 Å². The summed E-state index contributed by atoms with van der Waals surface area (Å²) in [5.74, 6) is -2.10. The molecule has 0 saturated heterocycles. The molecule has 2 bridgehead atoms. The average molecular weight is 304 g/mol. The van der Waals surface area contributed by atoms with E-state index in [9.17, 15) is 24.8 Å². The zero-order valence-electron chi connectivity index (χ0n) is 11.8. The number of benzene rings is 1. The number of nitro benzene ring substituents is 1. The number of carbonyl (C=O) groups is 2. The summed E-state index contributed by atoms with van der Waals surface area (Å²) in [6, 6.07) is 5.54. The van der Waals surface area contributed by atoms with Gasteiger partial charge in [-0.1, -0.05) is 0 Å². The molecule has 0 spiro atoms. The summed E-state index contributed by atoms with van der Waals surface area (Å²) in [7, 11) is 0. The Balaban J connectivity index is 1.73. The van der Waals surface area contributed by atoms with Gasteiger partial charge in [-0.3, -0.25) is 19.7 Å². The lowest BCUT2D eigenvalue weighted by Gasteiger charge is -2.27. The maximum atomic E-state index is 12.4. The summed E-state index contributed by atoms with van der Waals surface area (Å²) in [5, 5.41) is 22.7. The van der Waals surface area contributed by atoms with Gasteiger partial charge in [0.25, 0.3) is 5.69 Å². The van der Waals surface area contributed by atoms with E-state index >= 15 is 0 Å². The summed E-state index contributed by atoms with van der Waals surface area (Å²) < 4.78 is 0. The van der Waals surface area contributed by atoms with E-state index in [0.717, 1.165) is 19.3 Å². The highest BCUT2D eigenvalue weighted by molar-refractivity contribution is 5.96. The van der Waals surface area contributed by atoms with Crippen LogP contribution in [0, 0.1) is 33.8 Å². The van der Waals surface area contributed by atoms with Crippen molar-refractivity contribution in [3.8, 4) is 0 Å². The summed E-state index contributed by atoms with van der Waals surface area (Å²) in [6.07, 6.45) is 2.57. The number of rotatable bonds is 4. The van der Waals surface area contributed by atoms with Gasteiger partial charge in [-0.15, -0.1) is 0 Å². The van der Waals surface area contributed by atoms with E-state index in [4.69, 9.17) is 0 Å². The third-order valence-electron chi connectivity index (χ3n) is 4.85. The molecule has 7 heteroatoms. The van der Waals surface area contributed by atoms with E-state index in [-0.39, 0.29) is 23.4 Å². The van der Waals surface area contributed by atoms with Gasteiger partial charge in [-0.05, 0) is 43.2 Å². The number of hydrogen-bond acceptors (Lipinski definition) is 4. The van der Waals surface area contributed by atoms with Crippen LogP contribution in [0.5, 0.6) is 0 Å². The van der Waals surface area contributed by atoms with Crippen molar-refractivity contribution >= 4 is 23.3 Å². The van der Waals surface area contributed by atoms with Crippen molar-refractivity contribution in [3.05, 3.63) is 34.4 Å². The summed E-state index contributed by atoms with van der Waals surface area (Å²) in [5.41, 5.74) is 0.392. The van der Waals surface area contributed by atoms with Gasteiger partial charge in [0.2, 0.25) is 5.91 Å². The Kier molecular flexibility index (Phi) is 3.56. The number of carbonyl (C=O) groups excluding carboxylic acids is 1. The molecule has 3 rings (SSSR count). The number of carboxylic acid groups (broad SMARTS) is 1. The molecular weight excluding hydrogens is 288 g/mol. The second kappa shape index (κ2) is 5.40. The molecule has 4 atom stereocenters. The van der Waals surface area contributed by atoms with E-state index in [0.29, 0.717) is 5.69 Å². The van der Waals surface area contributed by atoms with E-state index in [2.05, 4.69) is 5.32 Å². The topological polar surface area (TPSA) is 110 Å². The van der Waals surface area contributed by atoms with E-state index in [1.807, 2.05) is 0 Å². The molecule has 2 aliphatic carbocycles. The van der Waals surface area contributed by atoms with Crippen molar-refractivity contribution in [1.29, 1.82) is 0 Å². The molecule has 1 amide bonds. The first kappa shape index (κ1) is 14.5. The second-order valence-corrected chi connectivity index (χ2v) is 6.02. The molecule has 1 aromatic carbocycles. The molecule has 2 saturated carbocycles. The SMILES string of the molecule is O=C(Nc1ccc([N+](=O)[O-])cc1)[C@@H]1[C@@H]2CC[C@@H](C2)[C@@H]1C(=O)O. The highest BCUT2D eigenvalue weighted by atomic mass is 16.6. The van der Waals surface area contributed by atoms with Crippen molar-refractivity contribution < 1.29 is 19.6 Å². The van der Waals surface area contributed by atoms with Crippen molar-refractivity contribution in [2.24, 2.45) is 23.7 Å². The number of nitro groups is 1. The van der Waals surface area contributed by atoms with Crippen LogP contribution in [0.4, 0.5) is 11.4 Å². The number of carboxylic acids is 1. The maximum Gasteiger partial charge on any atom is 0.307 e. The molecule has 2 fully saturated rings. The van der Waals surface area contributed by atoms with Crippen LogP contribution in [0.2, 0.25) is 0 Å². The van der Waals surface area contributed by atoms with Crippen LogP contribution in [0.3, 0.4) is 0 Å². The minimum Gasteiger partial charge on any atom is -0.481 e. The summed E-state index contributed by atoms with van der Waals surface area (Å²) in [6.45, 7) is 0. The molecule has 2 aliphatic rings. The first-order chi connectivity index (χ1) is 10.5. The molecule has 0 aromatic heterocycles. The van der Waals surface area contributed by atoms with Gasteiger partial charge in [-0.25, -0.2) is 0 Å². The Morgan fingerprint density at radius 2 is 1.73 bits per heavy atom. The van der Waals surface area contributed by atoms with Gasteiger partial charge < -0.3 is 10.4 Å². The molecule has 0 heterocycles. The third kappa shape index (κ3) is 2.43. The van der Waals surface area contributed by atoms with Crippen molar-refractivity contribution in [2.75, 3.05) is 5.32 Å². The highest BCUT2D eigenvalue weighted by Gasteiger charge is 2.53. The molecule has 0 radical (unpaired) electrons. The normalized spacial score (nSPS) is 29.3. The first-order valence-corrected chi connectivity index (χ1v) is 7.25. The minimum absolute atomic E-state index is 0.0543. The number of non-ortho nitro benzene ring substituents is 1. The molecule has 2 N–H and O–H groups in total. The molecule has 22 heavy (non-hydrogen) atoms. The van der Waals surface area contributed by atoms with Gasteiger partial charge in [0, 0.05) is 17.8 Å². The Bertz CT molecular complexity index is 627. The number of fused-ring (bicyclic) bond motifs is 2. The minimum atomic E-state index is -0.906. The van der Waals surface area contributed by atoms with Crippen LogP contribution in [0.25, 0.3) is 0 Å². The predicted octanol–water partition coefficient (Wildman–Crippen LogP) is 2.28. The maximum absolute atomic E-state index is 12.4. The van der Waals surface area contributed by atoms with Gasteiger partial charge >= 0.3 is 5.97 Å². The fraction of sp³-hybridized carbons (Fsp3) is 0.467. The standard InChI is InChI=1S/C15H16N2O5/c18-14(16-10-3-5-11(6-4-10)17(21)22)12-8-1-2-9(7-8)13(12)15(19)20/h3-6,8-9,12-13H,1-2,7H2,(H,16,18)(H,19,20)/t8-,9+,12-,13+/m1/s1. The Morgan fingerprint density at radius 3 is 2.27 bits per heavy atom. The van der Waals surface area contributed by atoms with Gasteiger partial charge in [-0.2, -0.15) is 0 Å². The summed E-state index contributed by atoms with van der Waals surface area (Å²) in [4.78, 5) is 33.9. The van der Waals surface area contributed by atoms with Gasteiger partial charge in [0.1, 0.15) is 0 Å². The van der Waals surface area contributed by atoms with Crippen LogP contribution in [0.1, 0.15) is 19.3 Å². The van der Waals surface area contributed by atoms with E-state index < -0.39 is 22.7 Å². The highest BCUT2D eigenvalue weighted by Crippen LogP contribution is 2.52. The van der Waals surface area contributed by atoms with Crippen LogP contribution in [-0.4, -0.2) is 21.9 Å². The lowest BCUT2D eigenvalue weighted by molar-refractivity contribution is -0.384. The quantitative estimate of drug-likeness (QED) is 0.655. The van der Waals surface area contributed by atoms with E-state index in [1.54, 1.807) is 0 Å². The third-order valence-corrected chi connectivity index (χ3v) is 4.85. The number of nitrogens with zero attached hydrogens (tertiary/aromatic N) is 1. The second-order valence-electron chi connectivity index (χ2n) is 6.02. The molecule has 1 aromatic rings. The number of hydrogen-bond donors (Lipinski definition) is 2. The zero-order valence-corrected chi connectivity index (χ0v) is 11.8. The smallest absolute Gasteiger partial charge is 0.307 e. The average Bonchev–Trinajstić information content (AvgIpc) is 3.08. The largest absolute Gasteiger partial charge is 0.481 e. The number of amides is 1. The fourth-order valence-corrected chi connectivity index (χ4v) is 3.92. The fourth-order valence-electron chi connectivity index (χ4n) is 3.92. The Morgan fingerprint density at radius 1 is 1.14 bits per heavy atom. The van der Waals surface area contributed by atoms with Gasteiger partial charge in [0.05, 0.1) is 16.8 Å². The molecule has 116 valence electrons. The first-order valence-electron chi connectivity index (χ1n) is 7.25. The van der Waals surface area contributed by atoms with E-state index in [1.165, 1.54) is 24.3 Å². The van der Waals surface area contributed by atoms with Crippen molar-refractivity contribution in [1.82, 2.24) is 0 Å². The molecule has 0 aliphatic heterocycles. The van der Waals surface area contributed by atoms with Crippen LogP contribution < -0.4 is 5.32 Å². The lowest BCUT2D eigenvalue weighted by atomic mass is 9.78. The number of anilines is 1. The number of nitrogens with one attached hydrogen (secondary N) is 1. The summed E-state index contributed by atoms with van der Waals surface area (Å²) >= 11 is 0. The Hall–Kier alpha value is -2.44. The molecular formula is C15H16N2O5. The number of aliphatic carboxylic acids is 1. The van der Waals surface area contributed by atoms with Crippen LogP contribution in [0.15, 0.2) is 24.3 Å². The van der Waals surface area contributed by atoms with Gasteiger partial charge in [0.15, 0.2) is 0 Å². The monoisotopic (exact) mass is 304 g/mol.